The van der Waals surface area contributed by atoms with Crippen molar-refractivity contribution >= 4 is 39.1 Å². The van der Waals surface area contributed by atoms with Crippen LogP contribution in [-0.4, -0.2) is 32.8 Å². The van der Waals surface area contributed by atoms with E-state index in [0.29, 0.717) is 28.8 Å². The number of fused-ring (bicyclic) bond motifs is 1. The number of thiophene rings is 1. The zero-order chi connectivity index (χ0) is 17.7. The highest BCUT2D eigenvalue weighted by Crippen LogP contribution is 2.39. The van der Waals surface area contributed by atoms with Gasteiger partial charge < -0.3 is 20.1 Å². The van der Waals surface area contributed by atoms with Gasteiger partial charge in [0.25, 0.3) is 0 Å². The van der Waals surface area contributed by atoms with Crippen LogP contribution in [0.1, 0.15) is 29.9 Å². The van der Waals surface area contributed by atoms with E-state index in [9.17, 15) is 9.59 Å². The fourth-order valence-corrected chi connectivity index (χ4v) is 3.30. The molecule has 0 unspecified atom stereocenters. The van der Waals surface area contributed by atoms with Crippen molar-refractivity contribution in [3.8, 4) is 5.75 Å². The Morgan fingerprint density at radius 3 is 2.62 bits per heavy atom. The fraction of sp³-hybridized carbons (Fsp3) is 0.412. The summed E-state index contributed by atoms with van der Waals surface area (Å²) in [6.07, 6.45) is 0.924. The second kappa shape index (κ2) is 8.01. The van der Waals surface area contributed by atoms with Crippen molar-refractivity contribution < 1.29 is 19.1 Å². The molecule has 2 rings (SSSR count). The standard InChI is InChI=1S/C17H22N2O4S/c1-10(2)7-8-18-17(21)19-11-5-6-13-12(9-11)14(22-3)15(24-13)16(20)23-4/h5-6,9-10H,7-8H2,1-4H3,(H2,18,19,21). The highest BCUT2D eigenvalue weighted by Gasteiger charge is 2.20. The largest absolute Gasteiger partial charge is 0.494 e. The normalized spacial score (nSPS) is 10.7. The Kier molecular flexibility index (Phi) is 6.03. The van der Waals surface area contributed by atoms with Gasteiger partial charge in [0.15, 0.2) is 10.6 Å². The third-order valence-electron chi connectivity index (χ3n) is 3.48. The molecule has 0 atom stereocenters. The summed E-state index contributed by atoms with van der Waals surface area (Å²) >= 11 is 1.30. The Morgan fingerprint density at radius 2 is 2.00 bits per heavy atom. The predicted octanol–water partition coefficient (Wildman–Crippen LogP) is 3.86. The number of methoxy groups -OCH3 is 2. The van der Waals surface area contributed by atoms with Crippen LogP contribution >= 0.6 is 11.3 Å². The van der Waals surface area contributed by atoms with Crippen LogP contribution in [0, 0.1) is 5.92 Å². The maximum atomic E-state index is 11.9. The number of ether oxygens (including phenoxy) is 2. The van der Waals surface area contributed by atoms with Crippen LogP contribution in [0.2, 0.25) is 0 Å². The van der Waals surface area contributed by atoms with Gasteiger partial charge in [0.05, 0.1) is 14.2 Å². The molecule has 1 heterocycles. The number of carbonyl (C=O) groups excluding carboxylic acids is 2. The minimum atomic E-state index is -0.436. The highest BCUT2D eigenvalue weighted by molar-refractivity contribution is 7.21. The maximum Gasteiger partial charge on any atom is 0.351 e. The van der Waals surface area contributed by atoms with Crippen molar-refractivity contribution in [1.82, 2.24) is 5.32 Å². The first-order valence-corrected chi connectivity index (χ1v) is 8.51. The molecule has 2 aromatic rings. The Hall–Kier alpha value is -2.28. The first-order chi connectivity index (χ1) is 11.5. The first kappa shape index (κ1) is 18.1. The maximum absolute atomic E-state index is 11.9. The number of amides is 2. The molecular formula is C17H22N2O4S. The van der Waals surface area contributed by atoms with Gasteiger partial charge in [0.1, 0.15) is 0 Å². The molecule has 6 nitrogen and oxygen atoms in total. The number of carbonyl (C=O) groups is 2. The molecule has 2 amide bonds. The molecule has 0 radical (unpaired) electrons. The van der Waals surface area contributed by atoms with Crippen molar-refractivity contribution in [3.63, 3.8) is 0 Å². The molecule has 130 valence electrons. The van der Waals surface area contributed by atoms with Crippen molar-refractivity contribution in [2.75, 3.05) is 26.1 Å². The predicted molar refractivity (Wildman–Crippen MR) is 96.2 cm³/mol. The van der Waals surface area contributed by atoms with E-state index in [1.807, 2.05) is 6.07 Å². The van der Waals surface area contributed by atoms with Crippen molar-refractivity contribution in [1.29, 1.82) is 0 Å². The van der Waals surface area contributed by atoms with E-state index in [1.165, 1.54) is 25.6 Å². The van der Waals surface area contributed by atoms with Gasteiger partial charge in [-0.3, -0.25) is 0 Å². The molecule has 0 aliphatic rings. The van der Waals surface area contributed by atoms with E-state index in [4.69, 9.17) is 9.47 Å². The van der Waals surface area contributed by atoms with E-state index < -0.39 is 5.97 Å². The second-order valence-corrected chi connectivity index (χ2v) is 6.78. The SMILES string of the molecule is COC(=O)c1sc2ccc(NC(=O)NCCC(C)C)cc2c1OC. The first-order valence-electron chi connectivity index (χ1n) is 7.70. The number of rotatable bonds is 6. The summed E-state index contributed by atoms with van der Waals surface area (Å²) in [7, 11) is 2.84. The molecule has 0 saturated heterocycles. The molecule has 0 spiro atoms. The van der Waals surface area contributed by atoms with E-state index >= 15 is 0 Å². The summed E-state index contributed by atoms with van der Waals surface area (Å²) in [6.45, 7) is 4.84. The monoisotopic (exact) mass is 350 g/mol. The summed E-state index contributed by atoms with van der Waals surface area (Å²) in [5.74, 6) is 0.563. The molecule has 24 heavy (non-hydrogen) atoms. The van der Waals surface area contributed by atoms with E-state index in [1.54, 1.807) is 12.1 Å². The molecule has 2 N–H and O–H groups in total. The zero-order valence-corrected chi connectivity index (χ0v) is 15.1. The van der Waals surface area contributed by atoms with E-state index in [2.05, 4.69) is 24.5 Å². The molecule has 7 heteroatoms. The van der Waals surface area contributed by atoms with Gasteiger partial charge in [-0.1, -0.05) is 13.8 Å². The van der Waals surface area contributed by atoms with Gasteiger partial charge >= 0.3 is 12.0 Å². The molecule has 0 aliphatic carbocycles. The topological polar surface area (TPSA) is 76.7 Å². The lowest BCUT2D eigenvalue weighted by molar-refractivity contribution is 0.0603. The molecule has 0 aliphatic heterocycles. The van der Waals surface area contributed by atoms with Crippen LogP contribution < -0.4 is 15.4 Å². The number of hydrogen-bond donors (Lipinski definition) is 2. The number of urea groups is 1. The lowest BCUT2D eigenvalue weighted by Crippen LogP contribution is -2.30. The number of hydrogen-bond acceptors (Lipinski definition) is 5. The van der Waals surface area contributed by atoms with Crippen LogP contribution in [-0.2, 0) is 4.74 Å². The minimum Gasteiger partial charge on any atom is -0.494 e. The van der Waals surface area contributed by atoms with Gasteiger partial charge in [-0.05, 0) is 30.5 Å². The second-order valence-electron chi connectivity index (χ2n) is 5.73. The summed E-state index contributed by atoms with van der Waals surface area (Å²) in [4.78, 5) is 24.2. The van der Waals surface area contributed by atoms with Gasteiger partial charge in [-0.15, -0.1) is 11.3 Å². The Labute approximate surface area is 145 Å². The minimum absolute atomic E-state index is 0.252. The molecule has 1 aromatic heterocycles. The van der Waals surface area contributed by atoms with Gasteiger partial charge in [0, 0.05) is 22.3 Å². The number of esters is 1. The van der Waals surface area contributed by atoms with Gasteiger partial charge in [-0.25, -0.2) is 9.59 Å². The Morgan fingerprint density at radius 1 is 1.25 bits per heavy atom. The van der Waals surface area contributed by atoms with Crippen molar-refractivity contribution in [2.24, 2.45) is 5.92 Å². The van der Waals surface area contributed by atoms with Crippen LogP contribution in [0.25, 0.3) is 10.1 Å². The summed E-state index contributed by atoms with van der Waals surface area (Å²) in [6, 6.07) is 5.18. The van der Waals surface area contributed by atoms with E-state index in [0.717, 1.165) is 16.5 Å². The van der Waals surface area contributed by atoms with Crippen LogP contribution in [0.4, 0.5) is 10.5 Å². The Balaban J connectivity index is 2.18. The number of benzene rings is 1. The molecular weight excluding hydrogens is 328 g/mol. The zero-order valence-electron chi connectivity index (χ0n) is 14.3. The average molecular weight is 350 g/mol. The number of nitrogens with one attached hydrogen (secondary N) is 2. The molecule has 0 fully saturated rings. The van der Waals surface area contributed by atoms with Crippen LogP contribution in [0.15, 0.2) is 18.2 Å². The average Bonchev–Trinajstić information content (AvgIpc) is 2.91. The lowest BCUT2D eigenvalue weighted by atomic mass is 10.1. The quantitative estimate of drug-likeness (QED) is 0.776. The smallest absolute Gasteiger partial charge is 0.351 e. The third-order valence-corrected chi connectivity index (χ3v) is 4.61. The third kappa shape index (κ3) is 4.17. The van der Waals surface area contributed by atoms with Crippen molar-refractivity contribution in [2.45, 2.75) is 20.3 Å². The summed E-state index contributed by atoms with van der Waals surface area (Å²) in [5, 5.41) is 6.38. The highest BCUT2D eigenvalue weighted by atomic mass is 32.1. The fourth-order valence-electron chi connectivity index (χ4n) is 2.23. The van der Waals surface area contributed by atoms with Gasteiger partial charge in [-0.2, -0.15) is 0 Å². The lowest BCUT2D eigenvalue weighted by Gasteiger charge is -2.09. The Bertz CT molecular complexity index is 740. The van der Waals surface area contributed by atoms with Crippen LogP contribution in [0.5, 0.6) is 5.75 Å². The van der Waals surface area contributed by atoms with Crippen molar-refractivity contribution in [3.05, 3.63) is 23.1 Å². The summed E-state index contributed by atoms with van der Waals surface area (Å²) in [5.41, 5.74) is 0.636. The molecule has 0 bridgehead atoms. The molecule has 0 saturated carbocycles. The van der Waals surface area contributed by atoms with Gasteiger partial charge in [0.2, 0.25) is 0 Å². The number of anilines is 1. The summed E-state index contributed by atoms with van der Waals surface area (Å²) < 4.78 is 11.0. The van der Waals surface area contributed by atoms with Crippen LogP contribution in [0.3, 0.4) is 0 Å². The molecule has 1 aromatic carbocycles. The van der Waals surface area contributed by atoms with E-state index in [-0.39, 0.29) is 6.03 Å².